The molecule has 4 nitrogen and oxygen atoms in total. The predicted octanol–water partition coefficient (Wildman–Crippen LogP) is 14.0. The number of para-hydroxylation sites is 2. The topological polar surface area (TPSA) is 43.9 Å². The molecule has 0 fully saturated rings. The van der Waals surface area contributed by atoms with Crippen LogP contribution in [-0.4, -0.2) is 14.5 Å². The molecule has 8 aromatic carbocycles. The molecule has 0 saturated heterocycles. The fourth-order valence-corrected chi connectivity index (χ4v) is 9.74. The van der Waals surface area contributed by atoms with Crippen LogP contribution in [0.25, 0.3) is 114 Å². The monoisotopic (exact) mass is 719 g/mol. The van der Waals surface area contributed by atoms with Crippen molar-refractivity contribution in [3.05, 3.63) is 176 Å². The number of hydrogen-bond donors (Lipinski definition) is 0. The van der Waals surface area contributed by atoms with Gasteiger partial charge in [0, 0.05) is 47.3 Å². The van der Waals surface area contributed by atoms with E-state index in [2.05, 4.69) is 168 Å². The lowest BCUT2D eigenvalue weighted by Crippen LogP contribution is -2.03. The Morgan fingerprint density at radius 3 is 2.04 bits per heavy atom. The van der Waals surface area contributed by atoms with Crippen molar-refractivity contribution in [2.24, 2.45) is 0 Å². The first-order valence-corrected chi connectivity index (χ1v) is 19.3. The summed E-state index contributed by atoms with van der Waals surface area (Å²) in [7, 11) is 0. The molecule has 0 radical (unpaired) electrons. The fourth-order valence-electron chi connectivity index (χ4n) is 8.50. The van der Waals surface area contributed by atoms with Crippen molar-refractivity contribution in [1.29, 1.82) is 0 Å². The minimum absolute atomic E-state index is 0.625. The SMILES string of the molecule is c1ccc(-c2ccc(-c3nc(-n4c5ccccc5c5ccc6oc7ccc(-c8cccc9c8sc8ccccc89)cc7c6c54)nc4ccccc34)cc2)cc1. The van der Waals surface area contributed by atoms with Gasteiger partial charge < -0.3 is 4.42 Å². The minimum Gasteiger partial charge on any atom is -0.456 e. The molecule has 0 saturated carbocycles. The second kappa shape index (κ2) is 11.7. The maximum absolute atomic E-state index is 6.63. The van der Waals surface area contributed by atoms with Crippen molar-refractivity contribution in [3.8, 4) is 39.5 Å². The fraction of sp³-hybridized carbons (Fsp3) is 0. The molecule has 4 aromatic heterocycles. The van der Waals surface area contributed by atoms with Gasteiger partial charge in [-0.2, -0.15) is 0 Å². The van der Waals surface area contributed by atoms with Crippen LogP contribution in [-0.2, 0) is 0 Å². The highest BCUT2D eigenvalue weighted by molar-refractivity contribution is 7.26. The molecule has 0 amide bonds. The number of thiophene rings is 1. The standard InChI is InChI=1S/C50H29N3OS/c1-2-11-30(12-3-1)31-21-23-32(24-22-31)47-39-15-4-7-18-41(39)51-50(52-47)53-42-19-8-5-13-35(42)37-26-28-44-46(48(37)53)40-29-33(25-27-43(40)54-44)34-16-10-17-38-36-14-6-9-20-45(36)55-49(34)38/h1-29H. The first-order chi connectivity index (χ1) is 27.3. The van der Waals surface area contributed by atoms with E-state index in [1.165, 1.54) is 36.9 Å². The zero-order valence-corrected chi connectivity index (χ0v) is 30.2. The summed E-state index contributed by atoms with van der Waals surface area (Å²) in [6.07, 6.45) is 0. The molecule has 0 aliphatic heterocycles. The normalized spacial score (nSPS) is 12.0. The van der Waals surface area contributed by atoms with E-state index in [1.54, 1.807) is 0 Å². The maximum Gasteiger partial charge on any atom is 0.235 e. The van der Waals surface area contributed by atoms with Gasteiger partial charge in [0.15, 0.2) is 0 Å². The van der Waals surface area contributed by atoms with Gasteiger partial charge in [0.25, 0.3) is 0 Å². The van der Waals surface area contributed by atoms with Gasteiger partial charge in [0.1, 0.15) is 11.2 Å². The van der Waals surface area contributed by atoms with Crippen LogP contribution in [0, 0.1) is 0 Å². The highest BCUT2D eigenvalue weighted by Crippen LogP contribution is 2.44. The van der Waals surface area contributed by atoms with Crippen LogP contribution in [0.4, 0.5) is 0 Å². The van der Waals surface area contributed by atoms with Crippen molar-refractivity contribution < 1.29 is 4.42 Å². The van der Waals surface area contributed by atoms with Crippen LogP contribution in [0.1, 0.15) is 0 Å². The van der Waals surface area contributed by atoms with E-state index in [-0.39, 0.29) is 0 Å². The first-order valence-electron chi connectivity index (χ1n) is 18.5. The summed E-state index contributed by atoms with van der Waals surface area (Å²) in [5, 5.41) is 8.00. The van der Waals surface area contributed by atoms with Crippen molar-refractivity contribution in [2.75, 3.05) is 0 Å². The molecule has 4 heterocycles. The Labute approximate surface area is 319 Å². The molecule has 0 N–H and O–H groups in total. The molecule has 0 aliphatic rings. The molecule has 256 valence electrons. The highest BCUT2D eigenvalue weighted by Gasteiger charge is 2.22. The predicted molar refractivity (Wildman–Crippen MR) is 230 cm³/mol. The quantitative estimate of drug-likeness (QED) is 0.182. The van der Waals surface area contributed by atoms with Gasteiger partial charge in [-0.05, 0) is 64.7 Å². The summed E-state index contributed by atoms with van der Waals surface area (Å²) >= 11 is 1.86. The Hall–Kier alpha value is -7.08. The lowest BCUT2D eigenvalue weighted by Gasteiger charge is -2.12. The first kappa shape index (κ1) is 30.4. The smallest absolute Gasteiger partial charge is 0.235 e. The summed E-state index contributed by atoms with van der Waals surface area (Å²) in [5.41, 5.74) is 11.3. The van der Waals surface area contributed by atoms with Crippen molar-refractivity contribution in [2.45, 2.75) is 0 Å². The van der Waals surface area contributed by atoms with E-state index in [1.807, 2.05) is 23.5 Å². The number of aromatic nitrogens is 3. The largest absolute Gasteiger partial charge is 0.456 e. The number of hydrogen-bond acceptors (Lipinski definition) is 4. The van der Waals surface area contributed by atoms with Crippen LogP contribution in [0.15, 0.2) is 180 Å². The Morgan fingerprint density at radius 2 is 1.15 bits per heavy atom. The summed E-state index contributed by atoms with van der Waals surface area (Å²) in [5.74, 6) is 0.625. The van der Waals surface area contributed by atoms with E-state index in [0.29, 0.717) is 5.95 Å². The maximum atomic E-state index is 6.63. The van der Waals surface area contributed by atoms with Crippen LogP contribution in [0.5, 0.6) is 0 Å². The molecule has 0 spiro atoms. The number of rotatable bonds is 4. The Balaban J connectivity index is 1.12. The van der Waals surface area contributed by atoms with E-state index in [4.69, 9.17) is 14.4 Å². The second-order valence-corrected chi connectivity index (χ2v) is 15.2. The van der Waals surface area contributed by atoms with Crippen molar-refractivity contribution >= 4 is 86.2 Å². The zero-order chi connectivity index (χ0) is 36.0. The number of benzene rings is 8. The second-order valence-electron chi connectivity index (χ2n) is 14.1. The summed E-state index contributed by atoms with van der Waals surface area (Å²) in [6.45, 7) is 0. The zero-order valence-electron chi connectivity index (χ0n) is 29.4. The van der Waals surface area contributed by atoms with Crippen molar-refractivity contribution in [1.82, 2.24) is 14.5 Å². The third-order valence-electron chi connectivity index (χ3n) is 11.0. The summed E-state index contributed by atoms with van der Waals surface area (Å²) in [6, 6.07) is 62.3. The van der Waals surface area contributed by atoms with E-state index in [9.17, 15) is 0 Å². The average molecular weight is 720 g/mol. The lowest BCUT2D eigenvalue weighted by molar-refractivity contribution is 0.669. The summed E-state index contributed by atoms with van der Waals surface area (Å²) < 4.78 is 11.5. The molecule has 12 aromatic rings. The van der Waals surface area contributed by atoms with Crippen molar-refractivity contribution in [3.63, 3.8) is 0 Å². The van der Waals surface area contributed by atoms with E-state index in [0.717, 1.165) is 71.5 Å². The third kappa shape index (κ3) is 4.57. The lowest BCUT2D eigenvalue weighted by atomic mass is 10.00. The van der Waals surface area contributed by atoms with E-state index >= 15 is 0 Å². The average Bonchev–Trinajstić information content (AvgIpc) is 3.93. The number of fused-ring (bicyclic) bond motifs is 11. The Kier molecular flexibility index (Phi) is 6.47. The summed E-state index contributed by atoms with van der Waals surface area (Å²) in [4.78, 5) is 10.7. The van der Waals surface area contributed by atoms with Gasteiger partial charge in [-0.3, -0.25) is 4.57 Å². The molecule has 12 rings (SSSR count). The van der Waals surface area contributed by atoms with Gasteiger partial charge in [0.05, 0.1) is 27.6 Å². The molecule has 55 heavy (non-hydrogen) atoms. The number of furan rings is 1. The molecular formula is C50H29N3OS. The highest BCUT2D eigenvalue weighted by atomic mass is 32.1. The molecule has 0 aliphatic carbocycles. The van der Waals surface area contributed by atoms with Crippen LogP contribution >= 0.6 is 11.3 Å². The van der Waals surface area contributed by atoms with Crippen LogP contribution in [0.3, 0.4) is 0 Å². The molecule has 0 atom stereocenters. The third-order valence-corrected chi connectivity index (χ3v) is 12.3. The van der Waals surface area contributed by atoms with Gasteiger partial charge in [0.2, 0.25) is 5.95 Å². The Morgan fingerprint density at radius 1 is 0.455 bits per heavy atom. The van der Waals surface area contributed by atoms with Crippen LogP contribution < -0.4 is 0 Å². The number of nitrogens with zero attached hydrogens (tertiary/aromatic N) is 3. The molecule has 0 bridgehead atoms. The van der Waals surface area contributed by atoms with E-state index < -0.39 is 0 Å². The minimum atomic E-state index is 0.625. The molecular weight excluding hydrogens is 691 g/mol. The molecule has 5 heteroatoms. The van der Waals surface area contributed by atoms with Gasteiger partial charge >= 0.3 is 0 Å². The van der Waals surface area contributed by atoms with Gasteiger partial charge in [-0.1, -0.05) is 133 Å². The van der Waals surface area contributed by atoms with Gasteiger partial charge in [-0.25, -0.2) is 9.97 Å². The molecule has 0 unspecified atom stereocenters. The van der Waals surface area contributed by atoms with Gasteiger partial charge in [-0.15, -0.1) is 11.3 Å². The Bertz CT molecular complexity index is 3480. The van der Waals surface area contributed by atoms with Crippen LogP contribution in [0.2, 0.25) is 0 Å².